The molecule has 1 aliphatic rings. The minimum atomic E-state index is 1.13. The summed E-state index contributed by atoms with van der Waals surface area (Å²) in [7, 11) is 0. The van der Waals surface area contributed by atoms with E-state index >= 15 is 0 Å². The SMILES string of the molecule is C/C=C(\C#CC=C(C)C)C1=CCCC=C1. The first-order valence-electron chi connectivity index (χ1n) is 5.42. The van der Waals surface area contributed by atoms with Gasteiger partial charge in [0.05, 0.1) is 0 Å². The lowest BCUT2D eigenvalue weighted by atomic mass is 10.00. The summed E-state index contributed by atoms with van der Waals surface area (Å²) in [6.45, 7) is 6.16. The molecule has 0 bridgehead atoms. The van der Waals surface area contributed by atoms with Gasteiger partial charge in [-0.1, -0.05) is 41.7 Å². The van der Waals surface area contributed by atoms with Crippen LogP contribution in [0.2, 0.25) is 0 Å². The quantitative estimate of drug-likeness (QED) is 0.554. The molecular weight excluding hydrogens is 180 g/mol. The van der Waals surface area contributed by atoms with E-state index in [4.69, 9.17) is 0 Å². The third kappa shape index (κ3) is 4.04. The molecule has 0 saturated carbocycles. The highest BCUT2D eigenvalue weighted by Crippen LogP contribution is 2.17. The molecule has 0 amide bonds. The standard InChI is InChI=1S/C15H18/c1-4-14(12-8-9-13(2)3)15-10-6-5-7-11-15/h4,6,9-11H,5,7H2,1-3H3/b14-4+. The van der Waals surface area contributed by atoms with Crippen molar-refractivity contribution >= 4 is 0 Å². The molecule has 0 atom stereocenters. The molecule has 0 heteroatoms. The Labute approximate surface area is 93.1 Å². The van der Waals surface area contributed by atoms with Crippen molar-refractivity contribution in [3.63, 3.8) is 0 Å². The number of rotatable bonds is 1. The highest BCUT2D eigenvalue weighted by molar-refractivity contribution is 5.52. The molecule has 0 aliphatic heterocycles. The molecule has 0 N–H and O–H groups in total. The van der Waals surface area contributed by atoms with Crippen LogP contribution in [0.25, 0.3) is 0 Å². The van der Waals surface area contributed by atoms with E-state index < -0.39 is 0 Å². The van der Waals surface area contributed by atoms with Gasteiger partial charge >= 0.3 is 0 Å². The molecule has 1 aliphatic carbocycles. The van der Waals surface area contributed by atoms with Crippen LogP contribution in [0.4, 0.5) is 0 Å². The molecule has 1 rings (SSSR count). The number of hydrogen-bond donors (Lipinski definition) is 0. The van der Waals surface area contributed by atoms with E-state index in [1.54, 1.807) is 0 Å². The van der Waals surface area contributed by atoms with Gasteiger partial charge in [-0.05, 0) is 45.3 Å². The summed E-state index contributed by atoms with van der Waals surface area (Å²) < 4.78 is 0. The van der Waals surface area contributed by atoms with Crippen LogP contribution in [0, 0.1) is 11.8 Å². The highest BCUT2D eigenvalue weighted by atomic mass is 14.0. The summed E-state index contributed by atoms with van der Waals surface area (Å²) in [6.07, 6.45) is 12.9. The van der Waals surface area contributed by atoms with Crippen LogP contribution in [0.1, 0.15) is 33.6 Å². The van der Waals surface area contributed by atoms with Gasteiger partial charge in [0.2, 0.25) is 0 Å². The van der Waals surface area contributed by atoms with E-state index in [0.29, 0.717) is 0 Å². The molecule has 0 saturated heterocycles. The van der Waals surface area contributed by atoms with Crippen molar-refractivity contribution in [2.45, 2.75) is 33.6 Å². The Hall–Kier alpha value is -1.48. The van der Waals surface area contributed by atoms with Crippen LogP contribution in [0.5, 0.6) is 0 Å². The normalized spacial score (nSPS) is 15.1. The smallest absolute Gasteiger partial charge is 0.0275 e. The molecule has 0 radical (unpaired) electrons. The molecular formula is C15H18. The average molecular weight is 198 g/mol. The first-order chi connectivity index (χ1) is 7.24. The molecule has 0 nitrogen and oxygen atoms in total. The fourth-order valence-electron chi connectivity index (χ4n) is 1.38. The molecule has 78 valence electrons. The van der Waals surface area contributed by atoms with Crippen molar-refractivity contribution in [2.75, 3.05) is 0 Å². The first kappa shape index (κ1) is 11.6. The van der Waals surface area contributed by atoms with Gasteiger partial charge in [-0.25, -0.2) is 0 Å². The van der Waals surface area contributed by atoms with Gasteiger partial charge in [0.15, 0.2) is 0 Å². The Kier molecular flexibility index (Phi) is 4.71. The van der Waals surface area contributed by atoms with Crippen molar-refractivity contribution in [1.29, 1.82) is 0 Å². The van der Waals surface area contributed by atoms with Gasteiger partial charge in [0.1, 0.15) is 0 Å². The predicted molar refractivity (Wildman–Crippen MR) is 67.4 cm³/mol. The molecule has 0 fully saturated rings. The lowest BCUT2D eigenvalue weighted by molar-refractivity contribution is 1.02. The van der Waals surface area contributed by atoms with E-state index in [0.717, 1.165) is 18.4 Å². The molecule has 0 aromatic heterocycles. The van der Waals surface area contributed by atoms with Gasteiger partial charge in [0.25, 0.3) is 0 Å². The zero-order valence-electron chi connectivity index (χ0n) is 9.80. The summed E-state index contributed by atoms with van der Waals surface area (Å²) in [4.78, 5) is 0. The predicted octanol–water partition coefficient (Wildman–Crippen LogP) is 4.18. The lowest BCUT2D eigenvalue weighted by Crippen LogP contribution is -1.87. The maximum atomic E-state index is 3.19. The molecule has 0 aromatic carbocycles. The largest absolute Gasteiger partial charge is 0.0836 e. The van der Waals surface area contributed by atoms with Crippen molar-refractivity contribution in [1.82, 2.24) is 0 Å². The van der Waals surface area contributed by atoms with Gasteiger partial charge < -0.3 is 0 Å². The van der Waals surface area contributed by atoms with Gasteiger partial charge in [-0.2, -0.15) is 0 Å². The summed E-state index contributed by atoms with van der Waals surface area (Å²) in [5.41, 5.74) is 3.63. The van der Waals surface area contributed by atoms with Crippen LogP contribution in [0.15, 0.2) is 47.1 Å². The van der Waals surface area contributed by atoms with Crippen LogP contribution in [-0.4, -0.2) is 0 Å². The molecule has 0 spiro atoms. The van der Waals surface area contributed by atoms with E-state index in [1.807, 2.05) is 13.0 Å². The Morgan fingerprint density at radius 2 is 2.13 bits per heavy atom. The zero-order valence-corrected chi connectivity index (χ0v) is 9.80. The third-order valence-electron chi connectivity index (χ3n) is 2.16. The van der Waals surface area contributed by atoms with E-state index in [9.17, 15) is 0 Å². The third-order valence-corrected chi connectivity index (χ3v) is 2.16. The lowest BCUT2D eigenvalue weighted by Gasteiger charge is -2.05. The second-order valence-electron chi connectivity index (χ2n) is 3.83. The number of allylic oxidation sites excluding steroid dienone is 8. The average Bonchev–Trinajstić information content (AvgIpc) is 2.25. The van der Waals surface area contributed by atoms with Gasteiger partial charge in [-0.3, -0.25) is 0 Å². The van der Waals surface area contributed by atoms with Crippen LogP contribution >= 0.6 is 0 Å². The highest BCUT2D eigenvalue weighted by Gasteiger charge is 1.99. The summed E-state index contributed by atoms with van der Waals surface area (Å²) in [6, 6.07) is 0. The van der Waals surface area contributed by atoms with E-state index in [1.165, 1.54) is 11.1 Å². The second-order valence-corrected chi connectivity index (χ2v) is 3.83. The molecule has 15 heavy (non-hydrogen) atoms. The summed E-state index contributed by atoms with van der Waals surface area (Å²) in [5.74, 6) is 6.26. The number of hydrogen-bond acceptors (Lipinski definition) is 0. The Morgan fingerprint density at radius 1 is 1.33 bits per heavy atom. The van der Waals surface area contributed by atoms with Crippen molar-refractivity contribution in [3.05, 3.63) is 47.1 Å². The Bertz CT molecular complexity index is 385. The monoisotopic (exact) mass is 198 g/mol. The van der Waals surface area contributed by atoms with Crippen LogP contribution in [-0.2, 0) is 0 Å². The van der Waals surface area contributed by atoms with Gasteiger partial charge in [0, 0.05) is 5.57 Å². The second kappa shape index (κ2) is 6.09. The van der Waals surface area contributed by atoms with Crippen molar-refractivity contribution in [3.8, 4) is 11.8 Å². The Morgan fingerprint density at radius 3 is 2.67 bits per heavy atom. The minimum absolute atomic E-state index is 1.13. The fourth-order valence-corrected chi connectivity index (χ4v) is 1.38. The zero-order chi connectivity index (χ0) is 11.1. The van der Waals surface area contributed by atoms with Gasteiger partial charge in [-0.15, -0.1) is 0 Å². The summed E-state index contributed by atoms with van der Waals surface area (Å²) >= 11 is 0. The molecule has 0 heterocycles. The molecule has 0 aromatic rings. The van der Waals surface area contributed by atoms with Crippen LogP contribution < -0.4 is 0 Å². The maximum absolute atomic E-state index is 3.19. The fraction of sp³-hybridized carbons (Fsp3) is 0.333. The van der Waals surface area contributed by atoms with Crippen molar-refractivity contribution in [2.24, 2.45) is 0 Å². The van der Waals surface area contributed by atoms with E-state index in [2.05, 4.69) is 50.0 Å². The van der Waals surface area contributed by atoms with Crippen molar-refractivity contribution < 1.29 is 0 Å². The molecule has 0 unspecified atom stereocenters. The first-order valence-corrected chi connectivity index (χ1v) is 5.42. The minimum Gasteiger partial charge on any atom is -0.0836 e. The Balaban J connectivity index is 2.81. The summed E-state index contributed by atoms with van der Waals surface area (Å²) in [5, 5.41) is 0. The van der Waals surface area contributed by atoms with E-state index in [-0.39, 0.29) is 0 Å². The maximum Gasteiger partial charge on any atom is 0.0275 e. The topological polar surface area (TPSA) is 0 Å². The van der Waals surface area contributed by atoms with Crippen LogP contribution in [0.3, 0.4) is 0 Å².